The first-order valence-corrected chi connectivity index (χ1v) is 9.56. The summed E-state index contributed by atoms with van der Waals surface area (Å²) in [4.78, 5) is 24.4. The smallest absolute Gasteiger partial charge is 0.349 e. The van der Waals surface area contributed by atoms with Gasteiger partial charge >= 0.3 is 5.97 Å². The Morgan fingerprint density at radius 2 is 1.53 bits per heavy atom. The van der Waals surface area contributed by atoms with Gasteiger partial charge in [0.25, 0.3) is 5.91 Å². The molecule has 0 bridgehead atoms. The number of aryl methyl sites for hydroxylation is 1. The van der Waals surface area contributed by atoms with E-state index in [0.717, 1.165) is 6.42 Å². The van der Waals surface area contributed by atoms with Crippen molar-refractivity contribution in [3.8, 4) is 17.2 Å². The Hall–Kier alpha value is -3.80. The molecule has 0 saturated heterocycles. The topological polar surface area (TPSA) is 73.9 Å². The first-order chi connectivity index (χ1) is 14.6. The molecule has 3 rings (SSSR count). The van der Waals surface area contributed by atoms with Crippen LogP contribution >= 0.6 is 0 Å². The van der Waals surface area contributed by atoms with Crippen LogP contribution in [0.2, 0.25) is 0 Å². The van der Waals surface area contributed by atoms with Crippen LogP contribution in [0.15, 0.2) is 72.8 Å². The molecule has 154 valence electrons. The maximum Gasteiger partial charge on any atom is 0.349 e. The molecule has 1 amide bonds. The fourth-order valence-electron chi connectivity index (χ4n) is 2.76. The molecule has 0 radical (unpaired) electrons. The average Bonchev–Trinajstić information content (AvgIpc) is 2.79. The third kappa shape index (κ3) is 5.61. The lowest BCUT2D eigenvalue weighted by molar-refractivity contribution is -0.136. The minimum atomic E-state index is -0.514. The molecule has 30 heavy (non-hydrogen) atoms. The lowest BCUT2D eigenvalue weighted by Crippen LogP contribution is -2.17. The van der Waals surface area contributed by atoms with Crippen LogP contribution in [0.1, 0.15) is 22.8 Å². The summed E-state index contributed by atoms with van der Waals surface area (Å²) in [7, 11) is 1.51. The number of ether oxygens (including phenoxy) is 3. The van der Waals surface area contributed by atoms with Gasteiger partial charge in [0.15, 0.2) is 6.61 Å². The minimum absolute atomic E-state index is 0.197. The largest absolute Gasteiger partial charge is 0.496 e. The van der Waals surface area contributed by atoms with E-state index in [1.54, 1.807) is 48.5 Å². The summed E-state index contributed by atoms with van der Waals surface area (Å²) in [5.41, 5.74) is 2.19. The summed E-state index contributed by atoms with van der Waals surface area (Å²) in [6.45, 7) is 1.88. The number of benzene rings is 3. The monoisotopic (exact) mass is 405 g/mol. The SMILES string of the molecule is CCc1ccc(OCC(=O)Oc2ccc(NC(=O)c3ccccc3OC)cc2)cc1. The van der Waals surface area contributed by atoms with Crippen molar-refractivity contribution in [3.63, 3.8) is 0 Å². The molecule has 0 fully saturated rings. The molecule has 0 aliphatic rings. The van der Waals surface area contributed by atoms with E-state index in [0.29, 0.717) is 28.5 Å². The summed E-state index contributed by atoms with van der Waals surface area (Å²) in [5.74, 6) is 0.656. The Morgan fingerprint density at radius 1 is 0.867 bits per heavy atom. The number of amides is 1. The van der Waals surface area contributed by atoms with E-state index < -0.39 is 5.97 Å². The van der Waals surface area contributed by atoms with Gasteiger partial charge in [0.1, 0.15) is 17.2 Å². The summed E-state index contributed by atoms with van der Waals surface area (Å²) in [5, 5.41) is 2.79. The Kier molecular flexibility index (Phi) is 7.05. The minimum Gasteiger partial charge on any atom is -0.496 e. The van der Waals surface area contributed by atoms with Crippen LogP contribution in [-0.2, 0) is 11.2 Å². The molecule has 6 nitrogen and oxygen atoms in total. The maximum atomic E-state index is 12.4. The highest BCUT2D eigenvalue weighted by Gasteiger charge is 2.12. The predicted molar refractivity (Wildman–Crippen MR) is 114 cm³/mol. The number of anilines is 1. The van der Waals surface area contributed by atoms with Crippen LogP contribution in [0, 0.1) is 0 Å². The number of hydrogen-bond donors (Lipinski definition) is 1. The molecular weight excluding hydrogens is 382 g/mol. The lowest BCUT2D eigenvalue weighted by Gasteiger charge is -2.10. The molecule has 3 aromatic carbocycles. The zero-order chi connectivity index (χ0) is 21.3. The molecule has 6 heteroatoms. The second kappa shape index (κ2) is 10.1. The number of nitrogens with one attached hydrogen (secondary N) is 1. The van der Waals surface area contributed by atoms with Crippen LogP contribution < -0.4 is 19.5 Å². The van der Waals surface area contributed by atoms with Crippen molar-refractivity contribution in [3.05, 3.63) is 83.9 Å². The van der Waals surface area contributed by atoms with E-state index in [2.05, 4.69) is 12.2 Å². The molecule has 0 atom stereocenters. The second-order valence-corrected chi connectivity index (χ2v) is 6.44. The highest BCUT2D eigenvalue weighted by atomic mass is 16.6. The van der Waals surface area contributed by atoms with Crippen molar-refractivity contribution in [2.24, 2.45) is 0 Å². The Bertz CT molecular complexity index is 997. The molecule has 0 unspecified atom stereocenters. The van der Waals surface area contributed by atoms with Gasteiger partial charge in [0, 0.05) is 5.69 Å². The molecule has 0 saturated carbocycles. The maximum absolute atomic E-state index is 12.4. The van der Waals surface area contributed by atoms with Gasteiger partial charge in [-0.15, -0.1) is 0 Å². The number of hydrogen-bond acceptors (Lipinski definition) is 5. The van der Waals surface area contributed by atoms with Crippen LogP contribution in [-0.4, -0.2) is 25.6 Å². The van der Waals surface area contributed by atoms with Crippen LogP contribution in [0.5, 0.6) is 17.2 Å². The number of carbonyl (C=O) groups is 2. The Morgan fingerprint density at radius 3 is 2.20 bits per heavy atom. The fraction of sp³-hybridized carbons (Fsp3) is 0.167. The first-order valence-electron chi connectivity index (χ1n) is 9.56. The summed E-state index contributed by atoms with van der Waals surface area (Å²) < 4.78 is 15.9. The number of rotatable bonds is 8. The van der Waals surface area contributed by atoms with E-state index in [1.165, 1.54) is 12.7 Å². The van der Waals surface area contributed by atoms with Gasteiger partial charge in [-0.2, -0.15) is 0 Å². The summed E-state index contributed by atoms with van der Waals surface area (Å²) in [6.07, 6.45) is 0.942. The predicted octanol–water partition coefficient (Wildman–Crippen LogP) is 4.49. The number of esters is 1. The Labute approximate surface area is 175 Å². The van der Waals surface area contributed by atoms with E-state index in [9.17, 15) is 9.59 Å². The van der Waals surface area contributed by atoms with Gasteiger partial charge < -0.3 is 19.5 Å². The highest BCUT2D eigenvalue weighted by Crippen LogP contribution is 2.21. The third-order valence-corrected chi connectivity index (χ3v) is 4.38. The van der Waals surface area contributed by atoms with Gasteiger partial charge in [-0.25, -0.2) is 4.79 Å². The lowest BCUT2D eigenvalue weighted by atomic mass is 10.2. The van der Waals surface area contributed by atoms with Gasteiger partial charge in [-0.05, 0) is 60.5 Å². The normalized spacial score (nSPS) is 10.2. The number of methoxy groups -OCH3 is 1. The van der Waals surface area contributed by atoms with Gasteiger partial charge in [0.05, 0.1) is 12.7 Å². The first kappa shape index (κ1) is 20.9. The van der Waals surface area contributed by atoms with E-state index in [1.807, 2.05) is 24.3 Å². The van der Waals surface area contributed by atoms with Crippen LogP contribution in [0.4, 0.5) is 5.69 Å². The van der Waals surface area contributed by atoms with Gasteiger partial charge in [-0.3, -0.25) is 4.79 Å². The molecule has 0 heterocycles. The van der Waals surface area contributed by atoms with Crippen molar-refractivity contribution in [1.82, 2.24) is 0 Å². The second-order valence-electron chi connectivity index (χ2n) is 6.44. The highest BCUT2D eigenvalue weighted by molar-refractivity contribution is 6.06. The van der Waals surface area contributed by atoms with E-state index in [4.69, 9.17) is 14.2 Å². The van der Waals surface area contributed by atoms with E-state index in [-0.39, 0.29) is 12.5 Å². The standard InChI is InChI=1S/C24H23NO5/c1-3-17-8-12-19(13-9-17)29-16-23(26)30-20-14-10-18(11-15-20)25-24(27)21-6-4-5-7-22(21)28-2/h4-15H,3,16H2,1-2H3,(H,25,27). The van der Waals surface area contributed by atoms with Gasteiger partial charge in [-0.1, -0.05) is 31.2 Å². The van der Waals surface area contributed by atoms with Crippen LogP contribution in [0.25, 0.3) is 0 Å². The molecular formula is C24H23NO5. The Balaban J connectivity index is 1.52. The number of para-hydroxylation sites is 1. The van der Waals surface area contributed by atoms with Crippen molar-refractivity contribution in [2.75, 3.05) is 19.0 Å². The van der Waals surface area contributed by atoms with Crippen molar-refractivity contribution >= 4 is 17.6 Å². The quantitative estimate of drug-likeness (QED) is 0.441. The average molecular weight is 405 g/mol. The molecule has 0 spiro atoms. The zero-order valence-electron chi connectivity index (χ0n) is 16.9. The van der Waals surface area contributed by atoms with E-state index >= 15 is 0 Å². The van der Waals surface area contributed by atoms with Crippen LogP contribution in [0.3, 0.4) is 0 Å². The fourth-order valence-corrected chi connectivity index (χ4v) is 2.76. The van der Waals surface area contributed by atoms with Crippen molar-refractivity contribution in [1.29, 1.82) is 0 Å². The molecule has 0 aliphatic carbocycles. The molecule has 0 aliphatic heterocycles. The van der Waals surface area contributed by atoms with Crippen molar-refractivity contribution in [2.45, 2.75) is 13.3 Å². The molecule has 0 aromatic heterocycles. The summed E-state index contributed by atoms with van der Waals surface area (Å²) >= 11 is 0. The zero-order valence-corrected chi connectivity index (χ0v) is 16.9. The number of carbonyl (C=O) groups excluding carboxylic acids is 2. The molecule has 3 aromatic rings. The van der Waals surface area contributed by atoms with Gasteiger partial charge in [0.2, 0.25) is 0 Å². The third-order valence-electron chi connectivity index (χ3n) is 4.38. The molecule has 1 N–H and O–H groups in total. The summed E-state index contributed by atoms with van der Waals surface area (Å²) in [6, 6.07) is 21.0. The van der Waals surface area contributed by atoms with Crippen molar-refractivity contribution < 1.29 is 23.8 Å².